The number of nitrogens with one attached hydrogen (secondary N) is 3. The molecule has 1 aliphatic carbocycles. The zero-order chi connectivity index (χ0) is 16.5. The number of carbonyl (C=O) groups excluding carboxylic acids is 1. The van der Waals surface area contributed by atoms with Gasteiger partial charge in [-0.2, -0.15) is 0 Å². The van der Waals surface area contributed by atoms with Crippen LogP contribution in [0, 0.1) is 6.57 Å². The van der Waals surface area contributed by atoms with Crippen molar-refractivity contribution in [3.8, 4) is 0 Å². The first kappa shape index (κ1) is 14.5. The smallest absolute Gasteiger partial charge is 0.246 e. The molecule has 7 nitrogen and oxygen atoms in total. The first-order chi connectivity index (χ1) is 11.7. The van der Waals surface area contributed by atoms with Crippen molar-refractivity contribution in [1.29, 1.82) is 0 Å². The van der Waals surface area contributed by atoms with E-state index in [1.54, 1.807) is 0 Å². The summed E-state index contributed by atoms with van der Waals surface area (Å²) in [6.45, 7) is 7.29. The van der Waals surface area contributed by atoms with E-state index in [9.17, 15) is 4.79 Å². The molecule has 1 amide bonds. The molecule has 4 rings (SSSR count). The number of rotatable bonds is 4. The Morgan fingerprint density at radius 2 is 2.17 bits per heavy atom. The van der Waals surface area contributed by atoms with Crippen molar-refractivity contribution < 1.29 is 4.79 Å². The predicted octanol–water partition coefficient (Wildman–Crippen LogP) is 3.23. The van der Waals surface area contributed by atoms with E-state index in [2.05, 4.69) is 30.8 Å². The molecule has 0 unspecified atom stereocenters. The van der Waals surface area contributed by atoms with Gasteiger partial charge in [-0.25, -0.2) is 14.8 Å². The number of hydrogen-bond donors (Lipinski definition) is 3. The van der Waals surface area contributed by atoms with Crippen LogP contribution in [0.3, 0.4) is 0 Å². The number of amides is 1. The molecule has 0 bridgehead atoms. The molecule has 0 spiro atoms. The maximum Gasteiger partial charge on any atom is 0.246 e. The summed E-state index contributed by atoms with van der Waals surface area (Å²) in [6.07, 6.45) is 5.00. The van der Waals surface area contributed by atoms with E-state index in [0.717, 1.165) is 29.8 Å². The average molecular weight is 320 g/mol. The van der Waals surface area contributed by atoms with Gasteiger partial charge in [0.25, 0.3) is 0 Å². The van der Waals surface area contributed by atoms with Gasteiger partial charge in [0.1, 0.15) is 5.82 Å². The lowest BCUT2D eigenvalue weighted by molar-refractivity contribution is -0.116. The lowest BCUT2D eigenvalue weighted by Crippen LogP contribution is -2.18. The highest BCUT2D eigenvalue weighted by atomic mass is 16.1. The minimum atomic E-state index is 0.0464. The number of nitrogens with zero attached hydrogens (tertiary/aromatic N) is 3. The molecular formula is C17H16N6O. The molecule has 0 atom stereocenters. The number of fused-ring (bicyclic) bond motifs is 1. The molecule has 1 saturated carbocycles. The highest BCUT2D eigenvalue weighted by Crippen LogP contribution is 2.31. The number of anilines is 4. The van der Waals surface area contributed by atoms with Crippen LogP contribution in [0.4, 0.5) is 28.8 Å². The fourth-order valence-corrected chi connectivity index (χ4v) is 2.63. The van der Waals surface area contributed by atoms with Crippen molar-refractivity contribution in [3.05, 3.63) is 41.4 Å². The quantitative estimate of drug-likeness (QED) is 0.753. The van der Waals surface area contributed by atoms with Crippen LogP contribution in [0.25, 0.3) is 4.85 Å². The maximum atomic E-state index is 11.4. The molecule has 24 heavy (non-hydrogen) atoms. The van der Waals surface area contributed by atoms with Gasteiger partial charge < -0.3 is 16.0 Å². The fraction of sp³-hybridized carbons (Fsp3) is 0.294. The van der Waals surface area contributed by atoms with Crippen LogP contribution in [0.15, 0.2) is 24.4 Å². The molecule has 2 aliphatic rings. The van der Waals surface area contributed by atoms with Crippen LogP contribution in [0.2, 0.25) is 0 Å². The Balaban J connectivity index is 1.60. The standard InChI is InChI=1S/C17H16N6O/c1-18-14-9-19-17(21-11-3-4-11)23-16(14)20-12-5-6-13-10(8-12)2-7-15(24)22-13/h5-6,8-9,11H,2-4,7H2,(H,22,24)(H2,19,20,21,23). The Morgan fingerprint density at radius 3 is 2.96 bits per heavy atom. The average Bonchev–Trinajstić information content (AvgIpc) is 3.39. The van der Waals surface area contributed by atoms with Crippen molar-refractivity contribution in [2.45, 2.75) is 31.7 Å². The van der Waals surface area contributed by atoms with E-state index in [-0.39, 0.29) is 5.91 Å². The molecule has 2 heterocycles. The number of aryl methyl sites for hydroxylation is 1. The Morgan fingerprint density at radius 1 is 1.29 bits per heavy atom. The van der Waals surface area contributed by atoms with Gasteiger partial charge in [-0.15, -0.1) is 0 Å². The summed E-state index contributed by atoms with van der Waals surface area (Å²) >= 11 is 0. The Kier molecular flexibility index (Phi) is 3.50. The van der Waals surface area contributed by atoms with Crippen molar-refractivity contribution in [1.82, 2.24) is 9.97 Å². The minimum absolute atomic E-state index is 0.0464. The summed E-state index contributed by atoms with van der Waals surface area (Å²) in [6, 6.07) is 6.17. The molecule has 1 aromatic heterocycles. The van der Waals surface area contributed by atoms with Crippen LogP contribution in [-0.4, -0.2) is 21.9 Å². The topological polar surface area (TPSA) is 83.3 Å². The van der Waals surface area contributed by atoms with E-state index < -0.39 is 0 Å². The number of carbonyl (C=O) groups is 1. The number of hydrogen-bond acceptors (Lipinski definition) is 5. The van der Waals surface area contributed by atoms with Gasteiger partial charge in [0.15, 0.2) is 0 Å². The van der Waals surface area contributed by atoms with Crippen LogP contribution in [0.1, 0.15) is 24.8 Å². The molecule has 0 saturated heterocycles. The third-order valence-corrected chi connectivity index (χ3v) is 4.06. The molecule has 2 aromatic rings. The first-order valence-electron chi connectivity index (χ1n) is 7.92. The zero-order valence-corrected chi connectivity index (χ0v) is 13.0. The predicted molar refractivity (Wildman–Crippen MR) is 91.6 cm³/mol. The first-order valence-corrected chi connectivity index (χ1v) is 7.92. The van der Waals surface area contributed by atoms with Crippen LogP contribution < -0.4 is 16.0 Å². The number of benzene rings is 1. The summed E-state index contributed by atoms with van der Waals surface area (Å²) in [5.41, 5.74) is 3.14. The molecule has 7 heteroatoms. The third kappa shape index (κ3) is 2.99. The van der Waals surface area contributed by atoms with Gasteiger partial charge >= 0.3 is 0 Å². The molecule has 1 aromatic carbocycles. The minimum Gasteiger partial charge on any atom is -0.352 e. The second kappa shape index (κ2) is 5.81. The zero-order valence-electron chi connectivity index (χ0n) is 13.0. The van der Waals surface area contributed by atoms with Gasteiger partial charge in [0, 0.05) is 30.0 Å². The van der Waals surface area contributed by atoms with Gasteiger partial charge in [-0.05, 0) is 43.0 Å². The summed E-state index contributed by atoms with van der Waals surface area (Å²) in [7, 11) is 0. The second-order valence-electron chi connectivity index (χ2n) is 6.00. The van der Waals surface area contributed by atoms with E-state index in [0.29, 0.717) is 36.3 Å². The summed E-state index contributed by atoms with van der Waals surface area (Å²) in [5, 5.41) is 9.30. The molecule has 3 N–H and O–H groups in total. The summed E-state index contributed by atoms with van der Waals surface area (Å²) in [5.74, 6) is 1.07. The number of aromatic nitrogens is 2. The van der Waals surface area contributed by atoms with Gasteiger partial charge in [0.05, 0.1) is 6.57 Å². The van der Waals surface area contributed by atoms with Gasteiger partial charge in [-0.1, -0.05) is 0 Å². The lowest BCUT2D eigenvalue weighted by Gasteiger charge is -2.18. The van der Waals surface area contributed by atoms with Gasteiger partial charge in [-0.3, -0.25) is 4.79 Å². The van der Waals surface area contributed by atoms with E-state index in [1.165, 1.54) is 6.20 Å². The molecule has 1 aliphatic heterocycles. The normalized spacial score (nSPS) is 15.9. The molecule has 1 fully saturated rings. The molecule has 120 valence electrons. The maximum absolute atomic E-state index is 11.4. The highest BCUT2D eigenvalue weighted by molar-refractivity contribution is 5.94. The molecule has 0 radical (unpaired) electrons. The van der Waals surface area contributed by atoms with Crippen molar-refractivity contribution in [3.63, 3.8) is 0 Å². The van der Waals surface area contributed by atoms with Gasteiger partial charge in [0.2, 0.25) is 17.5 Å². The lowest BCUT2D eigenvalue weighted by atomic mass is 10.0. The Hall–Kier alpha value is -3.14. The van der Waals surface area contributed by atoms with Crippen LogP contribution >= 0.6 is 0 Å². The third-order valence-electron chi connectivity index (χ3n) is 4.06. The molecular weight excluding hydrogens is 304 g/mol. The Labute approximate surface area is 139 Å². The SMILES string of the molecule is [C-]#[N+]c1cnc(NC2CC2)nc1Nc1ccc2c(c1)CCC(=O)N2. The fourth-order valence-electron chi connectivity index (χ4n) is 2.63. The van der Waals surface area contributed by atoms with Crippen molar-refractivity contribution in [2.24, 2.45) is 0 Å². The van der Waals surface area contributed by atoms with E-state index >= 15 is 0 Å². The van der Waals surface area contributed by atoms with Crippen LogP contribution in [-0.2, 0) is 11.2 Å². The summed E-state index contributed by atoms with van der Waals surface area (Å²) in [4.78, 5) is 23.5. The van der Waals surface area contributed by atoms with Crippen molar-refractivity contribution in [2.75, 3.05) is 16.0 Å². The highest BCUT2D eigenvalue weighted by Gasteiger charge is 2.22. The van der Waals surface area contributed by atoms with E-state index in [1.807, 2.05) is 18.2 Å². The summed E-state index contributed by atoms with van der Waals surface area (Å²) < 4.78 is 0. The monoisotopic (exact) mass is 320 g/mol. The largest absolute Gasteiger partial charge is 0.352 e. The van der Waals surface area contributed by atoms with E-state index in [4.69, 9.17) is 6.57 Å². The van der Waals surface area contributed by atoms with Crippen molar-refractivity contribution >= 4 is 34.7 Å². The van der Waals surface area contributed by atoms with Crippen LogP contribution in [0.5, 0.6) is 0 Å². The second-order valence-corrected chi connectivity index (χ2v) is 6.00. The Bertz CT molecular complexity index is 853.